The summed E-state index contributed by atoms with van der Waals surface area (Å²) >= 11 is 0. The molecule has 2 heterocycles. The summed E-state index contributed by atoms with van der Waals surface area (Å²) in [7, 11) is 0. The predicted octanol–water partition coefficient (Wildman–Crippen LogP) is 3.48. The first kappa shape index (κ1) is 17.1. The summed E-state index contributed by atoms with van der Waals surface area (Å²) in [6, 6.07) is 7.36. The first-order valence-electron chi connectivity index (χ1n) is 8.81. The van der Waals surface area contributed by atoms with Crippen molar-refractivity contribution in [1.82, 2.24) is 14.9 Å². The van der Waals surface area contributed by atoms with Gasteiger partial charge in [-0.3, -0.25) is 0 Å². The molecule has 0 radical (unpaired) electrons. The predicted molar refractivity (Wildman–Crippen MR) is 92.3 cm³/mol. The molecule has 1 aromatic carbocycles. The number of aromatic nitrogens is 2. The molecule has 24 heavy (non-hydrogen) atoms. The van der Waals surface area contributed by atoms with E-state index in [1.807, 2.05) is 24.5 Å². The molecule has 0 spiro atoms. The van der Waals surface area contributed by atoms with Crippen LogP contribution >= 0.6 is 0 Å². The standard InChI is InChI=1S/C19H26FN3O/c1-3-23-11-10-21-19(23)18-17(9-6-12-24-18)22-14(2)13-15-7-4-5-8-16(15)20/h4-5,7-8,10-11,14,17-18,22H,3,6,9,12-13H2,1-2H3/t14?,17-,18-/m0/s1. The van der Waals surface area contributed by atoms with Crippen LogP contribution in [0.4, 0.5) is 4.39 Å². The molecule has 1 fully saturated rings. The zero-order valence-electron chi connectivity index (χ0n) is 14.4. The molecule has 1 aromatic heterocycles. The van der Waals surface area contributed by atoms with Crippen molar-refractivity contribution in [1.29, 1.82) is 0 Å². The molecule has 0 amide bonds. The highest BCUT2D eigenvalue weighted by Gasteiger charge is 2.31. The van der Waals surface area contributed by atoms with Crippen LogP contribution in [0.25, 0.3) is 0 Å². The summed E-state index contributed by atoms with van der Waals surface area (Å²) in [5.41, 5.74) is 0.751. The SMILES string of the molecule is CCn1ccnc1[C@H]1OCCC[C@@H]1NC(C)Cc1ccccc1F. The molecule has 0 saturated carbocycles. The molecule has 0 bridgehead atoms. The Kier molecular flexibility index (Phi) is 5.63. The van der Waals surface area contributed by atoms with E-state index in [2.05, 4.69) is 28.7 Å². The van der Waals surface area contributed by atoms with Crippen molar-refractivity contribution in [2.24, 2.45) is 0 Å². The molecule has 1 saturated heterocycles. The van der Waals surface area contributed by atoms with Gasteiger partial charge >= 0.3 is 0 Å². The molecule has 3 atom stereocenters. The minimum Gasteiger partial charge on any atom is -0.369 e. The highest BCUT2D eigenvalue weighted by molar-refractivity contribution is 5.18. The fourth-order valence-electron chi connectivity index (χ4n) is 3.47. The van der Waals surface area contributed by atoms with E-state index in [1.54, 1.807) is 6.07 Å². The second kappa shape index (κ2) is 7.90. The summed E-state index contributed by atoms with van der Waals surface area (Å²) < 4.78 is 22.0. The topological polar surface area (TPSA) is 39.1 Å². The van der Waals surface area contributed by atoms with Crippen molar-refractivity contribution in [2.75, 3.05) is 6.61 Å². The van der Waals surface area contributed by atoms with Crippen LogP contribution in [0.1, 0.15) is 44.2 Å². The highest BCUT2D eigenvalue weighted by atomic mass is 19.1. The number of hydrogen-bond donors (Lipinski definition) is 1. The van der Waals surface area contributed by atoms with Crippen LogP contribution in [0.3, 0.4) is 0 Å². The molecule has 0 aliphatic carbocycles. The number of aryl methyl sites for hydroxylation is 1. The molecule has 1 aliphatic heterocycles. The Hall–Kier alpha value is -1.72. The van der Waals surface area contributed by atoms with E-state index < -0.39 is 0 Å². The van der Waals surface area contributed by atoms with E-state index in [4.69, 9.17) is 4.74 Å². The second-order valence-corrected chi connectivity index (χ2v) is 6.47. The lowest BCUT2D eigenvalue weighted by atomic mass is 9.99. The Morgan fingerprint density at radius 1 is 1.42 bits per heavy atom. The molecule has 1 unspecified atom stereocenters. The normalized spacial score (nSPS) is 22.5. The first-order valence-corrected chi connectivity index (χ1v) is 8.81. The Morgan fingerprint density at radius 3 is 3.04 bits per heavy atom. The molecule has 130 valence electrons. The minimum atomic E-state index is -0.135. The number of nitrogens with one attached hydrogen (secondary N) is 1. The van der Waals surface area contributed by atoms with Gasteiger partial charge in [-0.15, -0.1) is 0 Å². The van der Waals surface area contributed by atoms with Crippen molar-refractivity contribution >= 4 is 0 Å². The lowest BCUT2D eigenvalue weighted by Gasteiger charge is -2.34. The van der Waals surface area contributed by atoms with Crippen LogP contribution in [0, 0.1) is 5.82 Å². The maximum atomic E-state index is 13.9. The highest BCUT2D eigenvalue weighted by Crippen LogP contribution is 2.28. The van der Waals surface area contributed by atoms with E-state index >= 15 is 0 Å². The molecule has 3 rings (SSSR count). The fourth-order valence-corrected chi connectivity index (χ4v) is 3.47. The molecule has 1 N–H and O–H groups in total. The Morgan fingerprint density at radius 2 is 2.25 bits per heavy atom. The number of hydrogen-bond acceptors (Lipinski definition) is 3. The summed E-state index contributed by atoms with van der Waals surface area (Å²) in [6.07, 6.45) is 6.52. The van der Waals surface area contributed by atoms with E-state index in [9.17, 15) is 4.39 Å². The lowest BCUT2D eigenvalue weighted by Crippen LogP contribution is -2.45. The fraction of sp³-hybridized carbons (Fsp3) is 0.526. The molecular formula is C19H26FN3O. The van der Waals surface area contributed by atoms with Gasteiger partial charge < -0.3 is 14.6 Å². The second-order valence-electron chi connectivity index (χ2n) is 6.47. The van der Waals surface area contributed by atoms with Gasteiger partial charge in [-0.25, -0.2) is 9.37 Å². The summed E-state index contributed by atoms with van der Waals surface area (Å²) in [6.45, 7) is 5.86. The van der Waals surface area contributed by atoms with Gasteiger partial charge in [-0.1, -0.05) is 18.2 Å². The van der Waals surface area contributed by atoms with Crippen LogP contribution in [0.15, 0.2) is 36.7 Å². The number of benzene rings is 1. The zero-order valence-corrected chi connectivity index (χ0v) is 14.4. The van der Waals surface area contributed by atoms with Gasteiger partial charge in [0.1, 0.15) is 17.7 Å². The van der Waals surface area contributed by atoms with Crippen LogP contribution in [-0.2, 0) is 17.7 Å². The monoisotopic (exact) mass is 331 g/mol. The van der Waals surface area contributed by atoms with E-state index in [-0.39, 0.29) is 24.0 Å². The maximum absolute atomic E-state index is 13.9. The van der Waals surface area contributed by atoms with Crippen molar-refractivity contribution < 1.29 is 9.13 Å². The van der Waals surface area contributed by atoms with Gasteiger partial charge in [-0.05, 0) is 44.7 Å². The minimum absolute atomic E-state index is 0.0447. The van der Waals surface area contributed by atoms with Crippen LogP contribution < -0.4 is 5.32 Å². The van der Waals surface area contributed by atoms with Crippen LogP contribution in [0.5, 0.6) is 0 Å². The molecule has 4 nitrogen and oxygen atoms in total. The smallest absolute Gasteiger partial charge is 0.139 e. The molecular weight excluding hydrogens is 305 g/mol. The number of nitrogens with zero attached hydrogens (tertiary/aromatic N) is 2. The van der Waals surface area contributed by atoms with Crippen molar-refractivity contribution in [3.63, 3.8) is 0 Å². The summed E-state index contributed by atoms with van der Waals surface area (Å²) in [5.74, 6) is 0.844. The third-order valence-corrected chi connectivity index (χ3v) is 4.65. The zero-order chi connectivity index (χ0) is 16.9. The molecule has 5 heteroatoms. The van der Waals surface area contributed by atoms with Gasteiger partial charge in [0, 0.05) is 37.6 Å². The molecule has 2 aromatic rings. The first-order chi connectivity index (χ1) is 11.7. The third-order valence-electron chi connectivity index (χ3n) is 4.65. The maximum Gasteiger partial charge on any atom is 0.139 e. The number of halogens is 1. The number of ether oxygens (including phenoxy) is 1. The van der Waals surface area contributed by atoms with Crippen LogP contribution in [0.2, 0.25) is 0 Å². The Bertz CT molecular complexity index is 658. The van der Waals surface area contributed by atoms with Gasteiger partial charge in [0.15, 0.2) is 0 Å². The number of rotatable bonds is 6. The summed E-state index contributed by atoms with van der Waals surface area (Å²) in [4.78, 5) is 4.50. The van der Waals surface area contributed by atoms with Crippen LogP contribution in [-0.4, -0.2) is 28.2 Å². The average molecular weight is 331 g/mol. The van der Waals surface area contributed by atoms with Gasteiger partial charge in [0.25, 0.3) is 0 Å². The van der Waals surface area contributed by atoms with E-state index in [1.165, 1.54) is 6.07 Å². The van der Waals surface area contributed by atoms with E-state index in [0.29, 0.717) is 6.42 Å². The number of imidazole rings is 1. The lowest BCUT2D eigenvalue weighted by molar-refractivity contribution is -0.0203. The van der Waals surface area contributed by atoms with Gasteiger partial charge in [-0.2, -0.15) is 0 Å². The molecule has 1 aliphatic rings. The Balaban J connectivity index is 1.68. The Labute approximate surface area is 143 Å². The van der Waals surface area contributed by atoms with Gasteiger partial charge in [0.2, 0.25) is 0 Å². The van der Waals surface area contributed by atoms with Crippen molar-refractivity contribution in [3.8, 4) is 0 Å². The summed E-state index contributed by atoms with van der Waals surface area (Å²) in [5, 5.41) is 3.64. The third kappa shape index (κ3) is 3.84. The van der Waals surface area contributed by atoms with E-state index in [0.717, 1.165) is 37.4 Å². The van der Waals surface area contributed by atoms with Gasteiger partial charge in [0.05, 0.1) is 0 Å². The van der Waals surface area contributed by atoms with Crippen molar-refractivity contribution in [3.05, 3.63) is 53.9 Å². The van der Waals surface area contributed by atoms with Crippen molar-refractivity contribution in [2.45, 2.75) is 57.8 Å². The quantitative estimate of drug-likeness (QED) is 0.881. The average Bonchev–Trinajstić information content (AvgIpc) is 3.06. The largest absolute Gasteiger partial charge is 0.369 e.